The lowest BCUT2D eigenvalue weighted by atomic mass is 10.1. The second-order valence-corrected chi connectivity index (χ2v) is 9.40. The number of amides is 1. The summed E-state index contributed by atoms with van der Waals surface area (Å²) in [5.41, 5.74) is 1.85. The van der Waals surface area contributed by atoms with Gasteiger partial charge < -0.3 is 9.80 Å². The zero-order chi connectivity index (χ0) is 23.9. The zero-order valence-corrected chi connectivity index (χ0v) is 20.9. The van der Waals surface area contributed by atoms with Gasteiger partial charge in [0.15, 0.2) is 5.65 Å². The first-order chi connectivity index (χ1) is 16.6. The van der Waals surface area contributed by atoms with Gasteiger partial charge in [-0.1, -0.05) is 58.2 Å². The molecule has 0 bridgehead atoms. The Labute approximate surface area is 203 Å². The molecule has 2 aromatic heterocycles. The van der Waals surface area contributed by atoms with Crippen molar-refractivity contribution in [1.29, 1.82) is 0 Å². The molecule has 0 spiro atoms. The Hall–Kier alpha value is -2.96. The van der Waals surface area contributed by atoms with Crippen LogP contribution in [-0.4, -0.2) is 56.7 Å². The van der Waals surface area contributed by atoms with Crippen LogP contribution < -0.4 is 4.90 Å². The van der Waals surface area contributed by atoms with Gasteiger partial charge in [-0.15, -0.1) is 0 Å². The van der Waals surface area contributed by atoms with Crippen LogP contribution in [0.2, 0.25) is 0 Å². The molecule has 0 saturated carbocycles. The molecular formula is C27H38N6O. The van der Waals surface area contributed by atoms with E-state index in [1.807, 2.05) is 34.0 Å². The van der Waals surface area contributed by atoms with Gasteiger partial charge in [-0.05, 0) is 31.4 Å². The van der Waals surface area contributed by atoms with Crippen molar-refractivity contribution in [2.75, 3.05) is 31.1 Å². The van der Waals surface area contributed by atoms with E-state index in [1.165, 1.54) is 0 Å². The number of carbonyl (C=O) groups excluding carboxylic acids is 1. The quantitative estimate of drug-likeness (QED) is 0.402. The summed E-state index contributed by atoms with van der Waals surface area (Å²) in [6.45, 7) is 9.79. The van der Waals surface area contributed by atoms with Crippen LogP contribution in [0.1, 0.15) is 77.5 Å². The van der Waals surface area contributed by atoms with Gasteiger partial charge in [0.05, 0.1) is 17.3 Å². The Morgan fingerprint density at radius 3 is 2.59 bits per heavy atom. The van der Waals surface area contributed by atoms with E-state index in [1.54, 1.807) is 0 Å². The van der Waals surface area contributed by atoms with Gasteiger partial charge >= 0.3 is 0 Å². The minimum atomic E-state index is 0.274. The van der Waals surface area contributed by atoms with Crippen LogP contribution in [0.5, 0.6) is 0 Å². The van der Waals surface area contributed by atoms with Crippen molar-refractivity contribution in [1.82, 2.24) is 24.6 Å². The third kappa shape index (κ3) is 5.40. The molecule has 182 valence electrons. The Bertz CT molecular complexity index is 1080. The Balaban J connectivity index is 1.64. The van der Waals surface area contributed by atoms with Crippen LogP contribution in [0.15, 0.2) is 36.5 Å². The van der Waals surface area contributed by atoms with Gasteiger partial charge in [-0.3, -0.25) is 4.79 Å². The highest BCUT2D eigenvalue weighted by atomic mass is 16.2. The van der Waals surface area contributed by atoms with Crippen LogP contribution in [0.4, 0.5) is 5.82 Å². The first-order valence-corrected chi connectivity index (χ1v) is 13.0. The number of rotatable bonds is 9. The Kier molecular flexibility index (Phi) is 8.14. The van der Waals surface area contributed by atoms with Crippen LogP contribution in [0.25, 0.3) is 16.7 Å². The number of nitrogens with zero attached hydrogens (tertiary/aromatic N) is 6. The van der Waals surface area contributed by atoms with Crippen molar-refractivity contribution in [3.8, 4) is 5.69 Å². The zero-order valence-electron chi connectivity index (χ0n) is 20.9. The standard InChI is InChI=1S/C27H38N6O/c1-4-6-8-15-24(34)31-16-11-17-32(19-18-31)26-23-20-28-33(22-13-9-7-10-14-22)27(23)30-25(29-26)21(3)12-5-2/h7,9-10,13-14,20-21H,4-6,8,11-12,15-19H2,1-3H3/t21-/m0/s1. The predicted molar refractivity (Wildman–Crippen MR) is 138 cm³/mol. The fraction of sp³-hybridized carbons (Fsp3) is 0.556. The van der Waals surface area contributed by atoms with Gasteiger partial charge in [0, 0.05) is 38.5 Å². The smallest absolute Gasteiger partial charge is 0.222 e. The summed E-state index contributed by atoms with van der Waals surface area (Å²) in [6.07, 6.45) is 8.88. The lowest BCUT2D eigenvalue weighted by Crippen LogP contribution is -2.35. The molecule has 1 saturated heterocycles. The maximum absolute atomic E-state index is 12.7. The van der Waals surface area contributed by atoms with E-state index in [4.69, 9.17) is 15.1 Å². The van der Waals surface area contributed by atoms with E-state index >= 15 is 0 Å². The van der Waals surface area contributed by atoms with Gasteiger partial charge in [-0.25, -0.2) is 14.6 Å². The van der Waals surface area contributed by atoms with Crippen molar-refractivity contribution in [3.05, 3.63) is 42.4 Å². The van der Waals surface area contributed by atoms with Crippen LogP contribution in [0.3, 0.4) is 0 Å². The van der Waals surface area contributed by atoms with Gasteiger partial charge in [-0.2, -0.15) is 5.10 Å². The number of benzene rings is 1. The molecule has 34 heavy (non-hydrogen) atoms. The molecule has 3 aromatic rings. The Morgan fingerprint density at radius 2 is 1.82 bits per heavy atom. The molecule has 0 aliphatic carbocycles. The second kappa shape index (κ2) is 11.4. The molecule has 7 heteroatoms. The minimum absolute atomic E-state index is 0.274. The number of anilines is 1. The Morgan fingerprint density at radius 1 is 1.00 bits per heavy atom. The molecule has 3 heterocycles. The monoisotopic (exact) mass is 462 g/mol. The molecule has 0 N–H and O–H groups in total. The number of hydrogen-bond donors (Lipinski definition) is 0. The third-order valence-electron chi connectivity index (χ3n) is 6.73. The van der Waals surface area contributed by atoms with Crippen molar-refractivity contribution in [2.24, 2.45) is 0 Å². The van der Waals surface area contributed by atoms with E-state index in [0.29, 0.717) is 6.42 Å². The molecular weight excluding hydrogens is 424 g/mol. The lowest BCUT2D eigenvalue weighted by molar-refractivity contribution is -0.131. The van der Waals surface area contributed by atoms with Crippen molar-refractivity contribution in [3.63, 3.8) is 0 Å². The molecule has 1 aliphatic rings. The number of hydrogen-bond acceptors (Lipinski definition) is 5. The molecule has 4 rings (SSSR count). The maximum atomic E-state index is 12.7. The lowest BCUT2D eigenvalue weighted by Gasteiger charge is -2.24. The van der Waals surface area contributed by atoms with Gasteiger partial charge in [0.25, 0.3) is 0 Å². The molecule has 1 aliphatic heterocycles. The highest BCUT2D eigenvalue weighted by Crippen LogP contribution is 2.29. The first kappa shape index (κ1) is 24.2. The predicted octanol–water partition coefficient (Wildman–Crippen LogP) is 5.34. The highest BCUT2D eigenvalue weighted by Gasteiger charge is 2.24. The average Bonchev–Trinajstić information content (AvgIpc) is 3.13. The summed E-state index contributed by atoms with van der Waals surface area (Å²) >= 11 is 0. The third-order valence-corrected chi connectivity index (χ3v) is 6.73. The topological polar surface area (TPSA) is 67.2 Å². The second-order valence-electron chi connectivity index (χ2n) is 9.40. The summed E-state index contributed by atoms with van der Waals surface area (Å²) in [5, 5.41) is 5.67. The van der Waals surface area contributed by atoms with Crippen LogP contribution in [0, 0.1) is 0 Å². The summed E-state index contributed by atoms with van der Waals surface area (Å²) in [5.74, 6) is 2.39. The largest absolute Gasteiger partial charge is 0.354 e. The van der Waals surface area contributed by atoms with E-state index in [2.05, 4.69) is 37.8 Å². The van der Waals surface area contributed by atoms with Crippen molar-refractivity contribution < 1.29 is 4.79 Å². The van der Waals surface area contributed by atoms with E-state index in [9.17, 15) is 4.79 Å². The van der Waals surface area contributed by atoms with E-state index in [0.717, 1.165) is 93.1 Å². The van der Waals surface area contributed by atoms with Crippen molar-refractivity contribution in [2.45, 2.75) is 71.6 Å². The van der Waals surface area contributed by atoms with E-state index in [-0.39, 0.29) is 11.8 Å². The summed E-state index contributed by atoms with van der Waals surface area (Å²) < 4.78 is 1.92. The number of carbonyl (C=O) groups is 1. The summed E-state index contributed by atoms with van der Waals surface area (Å²) in [6, 6.07) is 10.2. The average molecular weight is 463 g/mol. The van der Waals surface area contributed by atoms with Crippen LogP contribution >= 0.6 is 0 Å². The van der Waals surface area contributed by atoms with Crippen molar-refractivity contribution >= 4 is 22.8 Å². The highest BCUT2D eigenvalue weighted by molar-refractivity contribution is 5.88. The molecule has 1 atom stereocenters. The first-order valence-electron chi connectivity index (χ1n) is 13.0. The fourth-order valence-corrected chi connectivity index (χ4v) is 4.75. The molecule has 0 unspecified atom stereocenters. The molecule has 0 radical (unpaired) electrons. The fourth-order valence-electron chi connectivity index (χ4n) is 4.75. The number of aromatic nitrogens is 4. The summed E-state index contributed by atoms with van der Waals surface area (Å²) in [7, 11) is 0. The van der Waals surface area contributed by atoms with Crippen LogP contribution in [-0.2, 0) is 4.79 Å². The number of para-hydroxylation sites is 1. The van der Waals surface area contributed by atoms with E-state index < -0.39 is 0 Å². The minimum Gasteiger partial charge on any atom is -0.354 e. The number of fused-ring (bicyclic) bond motifs is 1. The molecule has 7 nitrogen and oxygen atoms in total. The normalized spacial score (nSPS) is 15.5. The molecule has 1 fully saturated rings. The number of unbranched alkanes of at least 4 members (excludes halogenated alkanes) is 2. The SMILES string of the molecule is CCCCCC(=O)N1CCCN(c2nc([C@@H](C)CCC)nc3c2cnn3-c2ccccc2)CC1. The van der Waals surface area contributed by atoms with Gasteiger partial charge in [0.1, 0.15) is 11.6 Å². The molecule has 1 amide bonds. The van der Waals surface area contributed by atoms with Gasteiger partial charge in [0.2, 0.25) is 5.91 Å². The molecule has 1 aromatic carbocycles. The maximum Gasteiger partial charge on any atom is 0.222 e. The summed E-state index contributed by atoms with van der Waals surface area (Å²) in [4.78, 5) is 27.2.